The Labute approximate surface area is 90.2 Å². The molecule has 1 saturated heterocycles. The van der Waals surface area contributed by atoms with E-state index in [0.717, 1.165) is 0 Å². The number of piperazine rings is 1. The third-order valence-corrected chi connectivity index (χ3v) is 2.77. The van der Waals surface area contributed by atoms with Crippen molar-refractivity contribution in [1.82, 2.24) is 9.80 Å². The number of nitrogens with zero attached hydrogens (tertiary/aromatic N) is 2. The van der Waals surface area contributed by atoms with Gasteiger partial charge in [-0.1, -0.05) is 0 Å². The first-order chi connectivity index (χ1) is 6.79. The monoisotopic (exact) mass is 213 g/mol. The number of hydrogen-bond acceptors (Lipinski definition) is 3. The summed E-state index contributed by atoms with van der Waals surface area (Å²) in [7, 11) is 1.62. The van der Waals surface area contributed by atoms with Crippen molar-refractivity contribution >= 4 is 11.8 Å². The zero-order valence-electron chi connectivity index (χ0n) is 9.78. The predicted molar refractivity (Wildman–Crippen MR) is 57.1 cm³/mol. The Hall–Kier alpha value is -1.10. The minimum absolute atomic E-state index is 0.0746. The molecule has 86 valence electrons. The van der Waals surface area contributed by atoms with E-state index in [9.17, 15) is 9.59 Å². The van der Waals surface area contributed by atoms with Crippen molar-refractivity contribution in [3.63, 3.8) is 0 Å². The highest BCUT2D eigenvalue weighted by atomic mass is 16.2. The Kier molecular flexibility index (Phi) is 3.04. The van der Waals surface area contributed by atoms with Crippen molar-refractivity contribution < 1.29 is 9.59 Å². The first-order valence-electron chi connectivity index (χ1n) is 5.08. The number of amides is 2. The summed E-state index contributed by atoms with van der Waals surface area (Å²) in [5.41, 5.74) is 5.24. The molecule has 2 N–H and O–H groups in total. The summed E-state index contributed by atoms with van der Waals surface area (Å²) in [6.07, 6.45) is 0. The molecule has 1 aliphatic heterocycles. The highest BCUT2D eigenvalue weighted by molar-refractivity contribution is 6.35. The maximum atomic E-state index is 11.7. The van der Waals surface area contributed by atoms with E-state index >= 15 is 0 Å². The van der Waals surface area contributed by atoms with Gasteiger partial charge in [0.1, 0.15) is 0 Å². The third kappa shape index (κ3) is 2.12. The summed E-state index contributed by atoms with van der Waals surface area (Å²) in [5, 5.41) is 0. The average Bonchev–Trinajstić information content (AvgIpc) is 2.13. The molecule has 0 radical (unpaired) electrons. The summed E-state index contributed by atoms with van der Waals surface area (Å²) in [4.78, 5) is 26.4. The number of likely N-dealkylation sites (N-methyl/N-ethyl adjacent to an activating group) is 1. The van der Waals surface area contributed by atoms with Gasteiger partial charge in [-0.05, 0) is 20.8 Å². The number of carbonyl (C=O) groups excluding carboxylic acids is 2. The van der Waals surface area contributed by atoms with Gasteiger partial charge in [-0.3, -0.25) is 9.59 Å². The van der Waals surface area contributed by atoms with Crippen LogP contribution in [-0.4, -0.2) is 53.3 Å². The molecule has 0 aliphatic carbocycles. The van der Waals surface area contributed by atoms with E-state index in [1.54, 1.807) is 11.9 Å². The van der Waals surface area contributed by atoms with Crippen LogP contribution < -0.4 is 5.73 Å². The Bertz CT molecular complexity index is 283. The van der Waals surface area contributed by atoms with Crippen LogP contribution in [0.5, 0.6) is 0 Å². The molecule has 1 atom stereocenters. The maximum Gasteiger partial charge on any atom is 0.312 e. The van der Waals surface area contributed by atoms with Crippen LogP contribution >= 0.6 is 0 Å². The average molecular weight is 213 g/mol. The highest BCUT2D eigenvalue weighted by Gasteiger charge is 2.40. The summed E-state index contributed by atoms with van der Waals surface area (Å²) in [6.45, 7) is 6.63. The lowest BCUT2D eigenvalue weighted by molar-refractivity contribution is -0.161. The summed E-state index contributed by atoms with van der Waals surface area (Å²) >= 11 is 0. The van der Waals surface area contributed by atoms with E-state index in [1.807, 2.05) is 20.8 Å². The fraction of sp³-hybridized carbons (Fsp3) is 0.800. The Morgan fingerprint density at radius 3 is 2.27 bits per heavy atom. The van der Waals surface area contributed by atoms with Gasteiger partial charge in [0.15, 0.2) is 0 Å². The van der Waals surface area contributed by atoms with Crippen LogP contribution in [0.4, 0.5) is 0 Å². The molecule has 5 nitrogen and oxygen atoms in total. The van der Waals surface area contributed by atoms with Crippen molar-refractivity contribution in [2.75, 3.05) is 20.1 Å². The lowest BCUT2D eigenvalue weighted by atomic mass is 10.0. The van der Waals surface area contributed by atoms with Crippen LogP contribution in [-0.2, 0) is 9.59 Å². The van der Waals surface area contributed by atoms with Crippen LogP contribution in [0.15, 0.2) is 0 Å². The smallest absolute Gasteiger partial charge is 0.312 e. The van der Waals surface area contributed by atoms with E-state index in [-0.39, 0.29) is 11.6 Å². The van der Waals surface area contributed by atoms with Crippen molar-refractivity contribution in [3.05, 3.63) is 0 Å². The van der Waals surface area contributed by atoms with Crippen LogP contribution in [0.3, 0.4) is 0 Å². The van der Waals surface area contributed by atoms with Crippen LogP contribution in [0, 0.1) is 0 Å². The minimum atomic E-state index is -0.466. The van der Waals surface area contributed by atoms with Gasteiger partial charge in [0, 0.05) is 25.7 Å². The molecule has 0 aromatic heterocycles. The van der Waals surface area contributed by atoms with Gasteiger partial charge >= 0.3 is 11.8 Å². The third-order valence-electron chi connectivity index (χ3n) is 2.77. The van der Waals surface area contributed by atoms with Gasteiger partial charge in [0.05, 0.1) is 6.04 Å². The first kappa shape index (κ1) is 12.0. The first-order valence-corrected chi connectivity index (χ1v) is 5.08. The Balaban J connectivity index is 2.94. The minimum Gasteiger partial charge on any atom is -0.331 e. The molecule has 1 heterocycles. The van der Waals surface area contributed by atoms with Crippen LogP contribution in [0.2, 0.25) is 0 Å². The molecular weight excluding hydrogens is 194 g/mol. The molecule has 0 bridgehead atoms. The van der Waals surface area contributed by atoms with Crippen molar-refractivity contribution in [2.45, 2.75) is 32.4 Å². The maximum absolute atomic E-state index is 11.7. The molecule has 15 heavy (non-hydrogen) atoms. The van der Waals surface area contributed by atoms with Gasteiger partial charge in [0.25, 0.3) is 0 Å². The standard InChI is InChI=1S/C10H19N3O2/c1-10(2,3)13-6-7(5-11)12(4)8(14)9(13)15/h7H,5-6,11H2,1-4H3/t7-/m1/s1. The van der Waals surface area contributed by atoms with Gasteiger partial charge in [-0.15, -0.1) is 0 Å². The molecule has 0 aromatic rings. The predicted octanol–water partition coefficient (Wildman–Crippen LogP) is -0.587. The summed E-state index contributed by atoms with van der Waals surface area (Å²) in [5.74, 6) is -0.902. The lowest BCUT2D eigenvalue weighted by Crippen LogP contribution is -2.64. The van der Waals surface area contributed by atoms with Gasteiger partial charge in [-0.25, -0.2) is 0 Å². The summed E-state index contributed by atoms with van der Waals surface area (Å²) < 4.78 is 0. The van der Waals surface area contributed by atoms with E-state index in [1.165, 1.54) is 4.90 Å². The molecule has 0 spiro atoms. The second-order valence-electron chi connectivity index (χ2n) is 4.89. The second-order valence-corrected chi connectivity index (χ2v) is 4.89. The normalized spacial score (nSPS) is 23.7. The number of hydrogen-bond donors (Lipinski definition) is 1. The van der Waals surface area contributed by atoms with E-state index in [2.05, 4.69) is 0 Å². The van der Waals surface area contributed by atoms with Crippen molar-refractivity contribution in [3.8, 4) is 0 Å². The lowest BCUT2D eigenvalue weighted by Gasteiger charge is -2.44. The van der Waals surface area contributed by atoms with E-state index < -0.39 is 11.8 Å². The van der Waals surface area contributed by atoms with Gasteiger partial charge < -0.3 is 15.5 Å². The van der Waals surface area contributed by atoms with Crippen LogP contribution in [0.1, 0.15) is 20.8 Å². The molecular formula is C10H19N3O2. The molecule has 5 heteroatoms. The Morgan fingerprint density at radius 2 is 1.87 bits per heavy atom. The van der Waals surface area contributed by atoms with Gasteiger partial charge in [-0.2, -0.15) is 0 Å². The molecule has 0 unspecified atom stereocenters. The number of carbonyl (C=O) groups is 2. The molecule has 1 fully saturated rings. The second kappa shape index (κ2) is 3.81. The zero-order chi connectivity index (χ0) is 11.8. The zero-order valence-corrected chi connectivity index (χ0v) is 9.78. The van der Waals surface area contributed by atoms with Crippen molar-refractivity contribution in [2.24, 2.45) is 5.73 Å². The topological polar surface area (TPSA) is 66.6 Å². The number of rotatable bonds is 1. The largest absolute Gasteiger partial charge is 0.331 e. The SMILES string of the molecule is CN1C(=O)C(=O)N(C(C)(C)C)C[C@H]1CN. The number of nitrogens with two attached hydrogens (primary N) is 1. The fourth-order valence-electron chi connectivity index (χ4n) is 1.66. The van der Waals surface area contributed by atoms with E-state index in [0.29, 0.717) is 13.1 Å². The Morgan fingerprint density at radius 1 is 1.33 bits per heavy atom. The highest BCUT2D eigenvalue weighted by Crippen LogP contribution is 2.19. The van der Waals surface area contributed by atoms with E-state index in [4.69, 9.17) is 5.73 Å². The van der Waals surface area contributed by atoms with Crippen LogP contribution in [0.25, 0.3) is 0 Å². The molecule has 2 amide bonds. The van der Waals surface area contributed by atoms with Crippen molar-refractivity contribution in [1.29, 1.82) is 0 Å². The molecule has 1 rings (SSSR count). The quantitative estimate of drug-likeness (QED) is 0.592. The molecule has 1 aliphatic rings. The summed E-state index contributed by atoms with van der Waals surface area (Å²) in [6, 6.07) is -0.0746. The molecule has 0 aromatic carbocycles. The van der Waals surface area contributed by atoms with Gasteiger partial charge in [0.2, 0.25) is 0 Å². The molecule has 0 saturated carbocycles. The fourth-order valence-corrected chi connectivity index (χ4v) is 1.66.